The summed E-state index contributed by atoms with van der Waals surface area (Å²) in [6, 6.07) is 7.38. The first-order valence-corrected chi connectivity index (χ1v) is 5.43. The number of carboxylic acids is 1. The van der Waals surface area contributed by atoms with E-state index in [1.807, 2.05) is 24.3 Å². The van der Waals surface area contributed by atoms with Crippen LogP contribution in [0.25, 0.3) is 0 Å². The number of hydrogen-bond acceptors (Lipinski definition) is 3. The molecule has 92 valence electrons. The molecule has 0 saturated heterocycles. The largest absolute Gasteiger partial charge is 0.497 e. The van der Waals surface area contributed by atoms with E-state index in [4.69, 9.17) is 9.84 Å². The fourth-order valence-corrected chi connectivity index (χ4v) is 1.41. The average molecular weight is 236 g/mol. The van der Waals surface area contributed by atoms with Crippen LogP contribution < -0.4 is 4.74 Å². The number of methoxy groups -OCH3 is 1. The van der Waals surface area contributed by atoms with Gasteiger partial charge < -0.3 is 9.84 Å². The molecule has 0 spiro atoms. The second kappa shape index (κ2) is 6.03. The van der Waals surface area contributed by atoms with Gasteiger partial charge in [0.15, 0.2) is 0 Å². The van der Waals surface area contributed by atoms with E-state index in [-0.39, 0.29) is 12.2 Å². The van der Waals surface area contributed by atoms with Gasteiger partial charge in [0.05, 0.1) is 7.11 Å². The summed E-state index contributed by atoms with van der Waals surface area (Å²) in [5, 5.41) is 8.68. The molecule has 0 heterocycles. The molecule has 4 heteroatoms. The highest BCUT2D eigenvalue weighted by atomic mass is 16.5. The molecule has 0 aromatic heterocycles. The molecular weight excluding hydrogens is 220 g/mol. The Labute approximate surface area is 100 Å². The normalized spacial score (nSPS) is 11.9. The first-order valence-electron chi connectivity index (χ1n) is 5.43. The highest BCUT2D eigenvalue weighted by Crippen LogP contribution is 2.13. The molecule has 1 N–H and O–H groups in total. The second-order valence-electron chi connectivity index (χ2n) is 3.87. The highest BCUT2D eigenvalue weighted by Gasteiger charge is 2.19. The number of rotatable bonds is 6. The highest BCUT2D eigenvalue weighted by molar-refractivity contribution is 5.97. The third-order valence-corrected chi connectivity index (χ3v) is 2.67. The number of ether oxygens (including phenoxy) is 1. The number of carbonyl (C=O) groups excluding carboxylic acids is 1. The van der Waals surface area contributed by atoms with Crippen LogP contribution in [-0.4, -0.2) is 24.0 Å². The standard InChI is InChI=1S/C13H16O4/c1-9(13(15)16)12(14)8-5-10-3-6-11(17-2)7-4-10/h3-4,6-7,9H,5,8H2,1-2H3,(H,15,16). The lowest BCUT2D eigenvalue weighted by atomic mass is 10.00. The van der Waals surface area contributed by atoms with Crippen molar-refractivity contribution in [3.05, 3.63) is 29.8 Å². The SMILES string of the molecule is COc1ccc(CCC(=O)C(C)C(=O)O)cc1. The van der Waals surface area contributed by atoms with Crippen LogP contribution in [0.15, 0.2) is 24.3 Å². The van der Waals surface area contributed by atoms with Crippen molar-refractivity contribution in [2.24, 2.45) is 5.92 Å². The van der Waals surface area contributed by atoms with Gasteiger partial charge in [0.1, 0.15) is 17.5 Å². The summed E-state index contributed by atoms with van der Waals surface area (Å²) in [5.41, 5.74) is 0.997. The van der Waals surface area contributed by atoms with Gasteiger partial charge in [-0.05, 0) is 31.0 Å². The van der Waals surface area contributed by atoms with Crippen LogP contribution in [0, 0.1) is 5.92 Å². The van der Waals surface area contributed by atoms with Gasteiger partial charge in [-0.2, -0.15) is 0 Å². The number of ketones is 1. The lowest BCUT2D eigenvalue weighted by molar-refractivity contribution is -0.145. The minimum Gasteiger partial charge on any atom is -0.497 e. The fourth-order valence-electron chi connectivity index (χ4n) is 1.41. The smallest absolute Gasteiger partial charge is 0.313 e. The molecule has 1 aromatic rings. The van der Waals surface area contributed by atoms with Crippen molar-refractivity contribution in [3.8, 4) is 5.75 Å². The third-order valence-electron chi connectivity index (χ3n) is 2.67. The topological polar surface area (TPSA) is 63.6 Å². The summed E-state index contributed by atoms with van der Waals surface area (Å²) in [4.78, 5) is 22.1. The maximum atomic E-state index is 11.5. The van der Waals surface area contributed by atoms with Gasteiger partial charge in [-0.15, -0.1) is 0 Å². The lowest BCUT2D eigenvalue weighted by Crippen LogP contribution is -2.20. The minimum atomic E-state index is -1.07. The van der Waals surface area contributed by atoms with Crippen molar-refractivity contribution < 1.29 is 19.4 Å². The van der Waals surface area contributed by atoms with Crippen LogP contribution in [-0.2, 0) is 16.0 Å². The first-order chi connectivity index (χ1) is 8.04. The van der Waals surface area contributed by atoms with Crippen molar-refractivity contribution in [2.75, 3.05) is 7.11 Å². The van der Waals surface area contributed by atoms with Crippen LogP contribution in [0.2, 0.25) is 0 Å². The summed E-state index contributed by atoms with van der Waals surface area (Å²) in [7, 11) is 1.59. The fraction of sp³-hybridized carbons (Fsp3) is 0.385. The van der Waals surface area contributed by atoms with Crippen molar-refractivity contribution in [2.45, 2.75) is 19.8 Å². The van der Waals surface area contributed by atoms with E-state index in [0.29, 0.717) is 6.42 Å². The van der Waals surface area contributed by atoms with Crippen LogP contribution in [0.1, 0.15) is 18.9 Å². The Morgan fingerprint density at radius 3 is 2.35 bits per heavy atom. The molecular formula is C13H16O4. The van der Waals surface area contributed by atoms with E-state index in [1.54, 1.807) is 7.11 Å². The molecule has 0 bridgehead atoms. The monoisotopic (exact) mass is 236 g/mol. The summed E-state index contributed by atoms with van der Waals surface area (Å²) in [6.07, 6.45) is 0.806. The van der Waals surface area contributed by atoms with E-state index >= 15 is 0 Å². The van der Waals surface area contributed by atoms with Gasteiger partial charge in [0.2, 0.25) is 0 Å². The Balaban J connectivity index is 2.50. The summed E-state index contributed by atoms with van der Waals surface area (Å²) in [5.74, 6) is -1.47. The number of aliphatic carboxylic acids is 1. The molecule has 1 unspecified atom stereocenters. The van der Waals surface area contributed by atoms with E-state index in [1.165, 1.54) is 6.92 Å². The molecule has 17 heavy (non-hydrogen) atoms. The average Bonchev–Trinajstić information content (AvgIpc) is 2.35. The number of carboxylic acid groups (broad SMARTS) is 1. The third kappa shape index (κ3) is 3.90. The molecule has 0 radical (unpaired) electrons. The molecule has 0 saturated carbocycles. The molecule has 0 aliphatic carbocycles. The summed E-state index contributed by atoms with van der Waals surface area (Å²) in [6.45, 7) is 1.42. The van der Waals surface area contributed by atoms with Crippen LogP contribution in [0.3, 0.4) is 0 Å². The zero-order chi connectivity index (χ0) is 12.8. The molecule has 0 aliphatic heterocycles. The number of carbonyl (C=O) groups is 2. The summed E-state index contributed by atoms with van der Waals surface area (Å²) >= 11 is 0. The number of hydrogen-bond donors (Lipinski definition) is 1. The van der Waals surface area contributed by atoms with Crippen molar-refractivity contribution in [3.63, 3.8) is 0 Å². The van der Waals surface area contributed by atoms with E-state index in [9.17, 15) is 9.59 Å². The molecule has 4 nitrogen and oxygen atoms in total. The minimum absolute atomic E-state index is 0.242. The molecule has 0 fully saturated rings. The Morgan fingerprint density at radius 2 is 1.88 bits per heavy atom. The second-order valence-corrected chi connectivity index (χ2v) is 3.87. The quantitative estimate of drug-likeness (QED) is 0.766. The molecule has 1 rings (SSSR count). The van der Waals surface area contributed by atoms with E-state index in [2.05, 4.69) is 0 Å². The Kier molecular flexibility index (Phi) is 4.69. The Hall–Kier alpha value is -1.84. The Morgan fingerprint density at radius 1 is 1.29 bits per heavy atom. The van der Waals surface area contributed by atoms with Crippen molar-refractivity contribution >= 4 is 11.8 Å². The van der Waals surface area contributed by atoms with Gasteiger partial charge in [0.25, 0.3) is 0 Å². The predicted octanol–water partition coefficient (Wildman–Crippen LogP) is 1.92. The maximum absolute atomic E-state index is 11.5. The predicted molar refractivity (Wildman–Crippen MR) is 63.1 cm³/mol. The Bertz CT molecular complexity index is 394. The van der Waals surface area contributed by atoms with Gasteiger partial charge in [-0.1, -0.05) is 12.1 Å². The van der Waals surface area contributed by atoms with E-state index in [0.717, 1.165) is 11.3 Å². The number of aryl methyl sites for hydroxylation is 1. The first kappa shape index (κ1) is 13.2. The van der Waals surface area contributed by atoms with Crippen LogP contribution in [0.4, 0.5) is 0 Å². The number of benzene rings is 1. The number of Topliss-reactive ketones (excluding diaryl/α,β-unsaturated/α-hetero) is 1. The van der Waals surface area contributed by atoms with Crippen molar-refractivity contribution in [1.29, 1.82) is 0 Å². The molecule has 1 atom stereocenters. The summed E-state index contributed by atoms with van der Waals surface area (Å²) < 4.78 is 5.02. The van der Waals surface area contributed by atoms with E-state index < -0.39 is 11.9 Å². The zero-order valence-corrected chi connectivity index (χ0v) is 9.97. The van der Waals surface area contributed by atoms with Gasteiger partial charge in [0, 0.05) is 6.42 Å². The molecule has 1 aromatic carbocycles. The maximum Gasteiger partial charge on any atom is 0.313 e. The van der Waals surface area contributed by atoms with Crippen LogP contribution in [0.5, 0.6) is 5.75 Å². The van der Waals surface area contributed by atoms with Crippen molar-refractivity contribution in [1.82, 2.24) is 0 Å². The van der Waals surface area contributed by atoms with Gasteiger partial charge in [-0.25, -0.2) is 0 Å². The van der Waals surface area contributed by atoms with Crippen LogP contribution >= 0.6 is 0 Å². The molecule has 0 amide bonds. The van der Waals surface area contributed by atoms with Gasteiger partial charge in [-0.3, -0.25) is 9.59 Å². The molecule has 0 aliphatic rings. The van der Waals surface area contributed by atoms with Gasteiger partial charge >= 0.3 is 5.97 Å². The lowest BCUT2D eigenvalue weighted by Gasteiger charge is -2.06. The zero-order valence-electron chi connectivity index (χ0n) is 9.97.